The number of rotatable bonds is 8. The molecule has 2 rings (SSSR count). The summed E-state index contributed by atoms with van der Waals surface area (Å²) in [6.07, 6.45) is 4.38. The second-order valence-electron chi connectivity index (χ2n) is 4.44. The second kappa shape index (κ2) is 8.49. The Bertz CT molecular complexity index is 541. The highest BCUT2D eigenvalue weighted by Crippen LogP contribution is 2.08. The molecular formula is C15H19N3O2S. The number of aromatic nitrogens is 2. The molecule has 6 heteroatoms. The molecule has 0 radical (unpaired) electrons. The molecule has 21 heavy (non-hydrogen) atoms. The van der Waals surface area contributed by atoms with Gasteiger partial charge in [-0.25, -0.2) is 4.68 Å². The van der Waals surface area contributed by atoms with Crippen LogP contribution < -0.4 is 5.32 Å². The van der Waals surface area contributed by atoms with Crippen molar-refractivity contribution < 1.29 is 9.90 Å². The van der Waals surface area contributed by atoms with Crippen molar-refractivity contribution in [1.29, 1.82) is 0 Å². The fraction of sp³-hybridized carbons (Fsp3) is 0.333. The molecule has 0 fully saturated rings. The van der Waals surface area contributed by atoms with E-state index >= 15 is 0 Å². The van der Waals surface area contributed by atoms with Crippen LogP contribution in [0, 0.1) is 0 Å². The number of aliphatic hydroxyl groups excluding tert-OH is 1. The normalized spacial score (nSPS) is 10.5. The van der Waals surface area contributed by atoms with Crippen LogP contribution in [0.3, 0.4) is 0 Å². The molecule has 2 N–H and O–H groups in total. The largest absolute Gasteiger partial charge is 0.396 e. The maximum absolute atomic E-state index is 11.9. The second-order valence-corrected chi connectivity index (χ2v) is 5.67. The topological polar surface area (TPSA) is 67.2 Å². The van der Waals surface area contributed by atoms with Gasteiger partial charge in [-0.05, 0) is 42.5 Å². The van der Waals surface area contributed by atoms with Crippen LogP contribution in [0.4, 0.5) is 0 Å². The van der Waals surface area contributed by atoms with Gasteiger partial charge in [-0.2, -0.15) is 16.9 Å². The molecule has 0 aliphatic carbocycles. The van der Waals surface area contributed by atoms with Crippen LogP contribution in [-0.2, 0) is 0 Å². The summed E-state index contributed by atoms with van der Waals surface area (Å²) >= 11 is 1.73. The highest BCUT2D eigenvalue weighted by molar-refractivity contribution is 7.99. The summed E-state index contributed by atoms with van der Waals surface area (Å²) in [5.74, 6) is 1.71. The van der Waals surface area contributed by atoms with Gasteiger partial charge in [0.1, 0.15) is 0 Å². The van der Waals surface area contributed by atoms with Crippen molar-refractivity contribution in [1.82, 2.24) is 15.1 Å². The summed E-state index contributed by atoms with van der Waals surface area (Å²) in [5, 5.41) is 15.7. The lowest BCUT2D eigenvalue weighted by Gasteiger charge is -2.06. The van der Waals surface area contributed by atoms with E-state index in [1.165, 1.54) is 0 Å². The lowest BCUT2D eigenvalue weighted by atomic mass is 10.2. The number of aliphatic hydroxyl groups is 1. The molecule has 0 saturated carbocycles. The van der Waals surface area contributed by atoms with E-state index < -0.39 is 0 Å². The fourth-order valence-corrected chi connectivity index (χ4v) is 2.58. The maximum Gasteiger partial charge on any atom is 0.251 e. The van der Waals surface area contributed by atoms with E-state index in [1.807, 2.05) is 24.4 Å². The minimum Gasteiger partial charge on any atom is -0.396 e. The molecule has 0 aliphatic rings. The Labute approximate surface area is 128 Å². The van der Waals surface area contributed by atoms with Gasteiger partial charge in [-0.15, -0.1) is 0 Å². The average Bonchev–Trinajstić information content (AvgIpc) is 3.05. The monoisotopic (exact) mass is 305 g/mol. The van der Waals surface area contributed by atoms with Gasteiger partial charge in [0.05, 0.1) is 5.69 Å². The molecule has 0 saturated heterocycles. The van der Waals surface area contributed by atoms with Crippen molar-refractivity contribution in [3.05, 3.63) is 48.3 Å². The van der Waals surface area contributed by atoms with Gasteiger partial charge in [-0.1, -0.05) is 0 Å². The Morgan fingerprint density at radius 2 is 2.10 bits per heavy atom. The fourth-order valence-electron chi connectivity index (χ4n) is 1.79. The molecule has 112 valence electrons. The average molecular weight is 305 g/mol. The highest BCUT2D eigenvalue weighted by atomic mass is 32.2. The summed E-state index contributed by atoms with van der Waals surface area (Å²) in [4.78, 5) is 11.9. The van der Waals surface area contributed by atoms with E-state index in [9.17, 15) is 4.79 Å². The van der Waals surface area contributed by atoms with Crippen molar-refractivity contribution in [3.8, 4) is 5.69 Å². The van der Waals surface area contributed by atoms with Gasteiger partial charge in [0.25, 0.3) is 5.91 Å². The molecule has 5 nitrogen and oxygen atoms in total. The van der Waals surface area contributed by atoms with Crippen LogP contribution in [0.5, 0.6) is 0 Å². The number of thioether (sulfide) groups is 1. The molecule has 0 aliphatic heterocycles. The number of hydrogen-bond donors (Lipinski definition) is 2. The van der Waals surface area contributed by atoms with Crippen LogP contribution in [0.1, 0.15) is 16.8 Å². The Morgan fingerprint density at radius 3 is 2.76 bits per heavy atom. The number of carbonyl (C=O) groups excluding carboxylic acids is 1. The number of hydrogen-bond acceptors (Lipinski definition) is 4. The smallest absolute Gasteiger partial charge is 0.251 e. The van der Waals surface area contributed by atoms with Gasteiger partial charge in [0.15, 0.2) is 0 Å². The zero-order valence-electron chi connectivity index (χ0n) is 11.7. The molecular weight excluding hydrogens is 286 g/mol. The summed E-state index contributed by atoms with van der Waals surface area (Å²) in [7, 11) is 0. The minimum absolute atomic E-state index is 0.0650. The molecule has 0 atom stereocenters. The first-order valence-electron chi connectivity index (χ1n) is 6.88. The van der Waals surface area contributed by atoms with Gasteiger partial charge < -0.3 is 10.4 Å². The lowest BCUT2D eigenvalue weighted by Crippen LogP contribution is -2.25. The Morgan fingerprint density at radius 1 is 1.29 bits per heavy atom. The standard InChI is InChI=1S/C15H19N3O2S/c19-10-2-11-21-12-8-16-15(20)13-3-5-14(6-4-13)18-9-1-7-17-18/h1,3-7,9,19H,2,8,10-12H2,(H,16,20). The van der Waals surface area contributed by atoms with E-state index in [0.717, 1.165) is 23.6 Å². The van der Waals surface area contributed by atoms with E-state index in [4.69, 9.17) is 5.11 Å². The quantitative estimate of drug-likeness (QED) is 0.729. The Hall–Kier alpha value is -1.79. The number of amides is 1. The molecule has 0 unspecified atom stereocenters. The van der Waals surface area contributed by atoms with Crippen LogP contribution in [0.25, 0.3) is 5.69 Å². The first-order chi connectivity index (χ1) is 10.3. The number of nitrogens with zero attached hydrogens (tertiary/aromatic N) is 2. The predicted molar refractivity (Wildman–Crippen MR) is 84.9 cm³/mol. The Kier molecular flexibility index (Phi) is 6.30. The zero-order valence-corrected chi connectivity index (χ0v) is 12.6. The highest BCUT2D eigenvalue weighted by Gasteiger charge is 2.05. The van der Waals surface area contributed by atoms with Crippen LogP contribution >= 0.6 is 11.8 Å². The van der Waals surface area contributed by atoms with E-state index in [0.29, 0.717) is 12.1 Å². The lowest BCUT2D eigenvalue weighted by molar-refractivity contribution is 0.0956. The van der Waals surface area contributed by atoms with Crippen molar-refractivity contribution >= 4 is 17.7 Å². The van der Waals surface area contributed by atoms with Gasteiger partial charge >= 0.3 is 0 Å². The third-order valence-electron chi connectivity index (χ3n) is 2.88. The first kappa shape index (κ1) is 15.6. The summed E-state index contributed by atoms with van der Waals surface area (Å²) < 4.78 is 1.75. The van der Waals surface area contributed by atoms with Crippen molar-refractivity contribution in [2.24, 2.45) is 0 Å². The molecule has 0 spiro atoms. The summed E-state index contributed by atoms with van der Waals surface area (Å²) in [6.45, 7) is 0.859. The molecule has 1 heterocycles. The first-order valence-corrected chi connectivity index (χ1v) is 8.03. The predicted octanol–water partition coefficient (Wildman–Crippen LogP) is 1.72. The van der Waals surface area contributed by atoms with Gasteiger partial charge in [-0.3, -0.25) is 4.79 Å². The van der Waals surface area contributed by atoms with Crippen LogP contribution in [0.15, 0.2) is 42.7 Å². The molecule has 1 aromatic heterocycles. The zero-order chi connectivity index (χ0) is 14.9. The minimum atomic E-state index is -0.0650. The number of nitrogens with one attached hydrogen (secondary N) is 1. The van der Waals surface area contributed by atoms with Crippen molar-refractivity contribution in [3.63, 3.8) is 0 Å². The van der Waals surface area contributed by atoms with E-state index in [1.54, 1.807) is 34.8 Å². The van der Waals surface area contributed by atoms with Crippen LogP contribution in [-0.4, -0.2) is 45.5 Å². The maximum atomic E-state index is 11.9. The number of benzene rings is 1. The summed E-state index contributed by atoms with van der Waals surface area (Å²) in [5.41, 5.74) is 1.57. The van der Waals surface area contributed by atoms with E-state index in [2.05, 4.69) is 10.4 Å². The van der Waals surface area contributed by atoms with Gasteiger partial charge in [0, 0.05) is 36.9 Å². The van der Waals surface area contributed by atoms with Crippen molar-refractivity contribution in [2.45, 2.75) is 6.42 Å². The molecule has 1 amide bonds. The van der Waals surface area contributed by atoms with Crippen molar-refractivity contribution in [2.75, 3.05) is 24.7 Å². The van der Waals surface area contributed by atoms with E-state index in [-0.39, 0.29) is 12.5 Å². The van der Waals surface area contributed by atoms with Crippen LogP contribution in [0.2, 0.25) is 0 Å². The SMILES string of the molecule is O=C(NCCSCCCO)c1ccc(-n2cccn2)cc1. The molecule has 2 aromatic rings. The third-order valence-corrected chi connectivity index (χ3v) is 3.95. The molecule has 0 bridgehead atoms. The molecule has 1 aromatic carbocycles. The Balaban J connectivity index is 1.78. The number of carbonyl (C=O) groups is 1. The third kappa shape index (κ3) is 4.91. The summed E-state index contributed by atoms with van der Waals surface area (Å²) in [6, 6.07) is 9.20. The van der Waals surface area contributed by atoms with Gasteiger partial charge in [0.2, 0.25) is 0 Å².